The van der Waals surface area contributed by atoms with Gasteiger partial charge in [-0.2, -0.15) is 0 Å². The second kappa shape index (κ2) is 4.00. The number of anilines is 1. The number of nitrogens with zero attached hydrogens (tertiary/aromatic N) is 2. The van der Waals surface area contributed by atoms with E-state index in [1.54, 1.807) is 0 Å². The molecule has 3 heteroatoms. The van der Waals surface area contributed by atoms with Gasteiger partial charge < -0.3 is 10.6 Å². The number of aromatic nitrogens is 1. The van der Waals surface area contributed by atoms with Crippen LogP contribution in [0.15, 0.2) is 30.3 Å². The number of para-hydroxylation sites is 1. The van der Waals surface area contributed by atoms with Gasteiger partial charge in [0.2, 0.25) is 0 Å². The first-order valence-corrected chi connectivity index (χ1v) is 6.11. The van der Waals surface area contributed by atoms with Gasteiger partial charge in [0.05, 0.1) is 5.52 Å². The minimum absolute atomic E-state index is 0.546. The lowest BCUT2D eigenvalue weighted by atomic mass is 10.1. The highest BCUT2D eigenvalue weighted by Crippen LogP contribution is 2.32. The molecule has 0 radical (unpaired) electrons. The first kappa shape index (κ1) is 10.5. The van der Waals surface area contributed by atoms with Gasteiger partial charge in [-0.25, -0.2) is 4.98 Å². The molecule has 88 valence electrons. The van der Waals surface area contributed by atoms with E-state index in [4.69, 9.17) is 10.7 Å². The largest absolute Gasteiger partial charge is 0.356 e. The molecule has 2 N–H and O–H groups in total. The molecule has 3 rings (SSSR count). The van der Waals surface area contributed by atoms with Gasteiger partial charge in [0.1, 0.15) is 5.82 Å². The van der Waals surface area contributed by atoms with Crippen LogP contribution in [0.1, 0.15) is 18.4 Å². The molecule has 0 spiro atoms. The van der Waals surface area contributed by atoms with Gasteiger partial charge in [-0.05, 0) is 25.0 Å². The summed E-state index contributed by atoms with van der Waals surface area (Å²) in [7, 11) is 2.12. The Bertz CT molecular complexity index is 546. The van der Waals surface area contributed by atoms with Crippen molar-refractivity contribution < 1.29 is 0 Å². The lowest BCUT2D eigenvalue weighted by Gasteiger charge is -2.21. The Kier molecular flexibility index (Phi) is 2.48. The molecule has 17 heavy (non-hydrogen) atoms. The SMILES string of the molecule is CN(c1nc2ccccc2cc1CN)C1CC1. The van der Waals surface area contributed by atoms with Crippen LogP contribution < -0.4 is 10.6 Å². The van der Waals surface area contributed by atoms with Crippen LogP contribution in [0.25, 0.3) is 10.9 Å². The molecule has 0 amide bonds. The lowest BCUT2D eigenvalue weighted by molar-refractivity contribution is 0.877. The van der Waals surface area contributed by atoms with E-state index in [2.05, 4.69) is 30.1 Å². The summed E-state index contributed by atoms with van der Waals surface area (Å²) < 4.78 is 0. The summed E-state index contributed by atoms with van der Waals surface area (Å²) in [5.41, 5.74) is 8.02. The van der Waals surface area contributed by atoms with E-state index < -0.39 is 0 Å². The number of hydrogen-bond donors (Lipinski definition) is 1. The van der Waals surface area contributed by atoms with Gasteiger partial charge in [-0.1, -0.05) is 18.2 Å². The van der Waals surface area contributed by atoms with Gasteiger partial charge in [0, 0.05) is 30.6 Å². The Balaban J connectivity index is 2.14. The number of fused-ring (bicyclic) bond motifs is 1. The molecule has 0 unspecified atom stereocenters. The molecule has 3 nitrogen and oxygen atoms in total. The first-order chi connectivity index (χ1) is 8.29. The van der Waals surface area contributed by atoms with Gasteiger partial charge >= 0.3 is 0 Å². The third kappa shape index (κ3) is 1.87. The number of hydrogen-bond acceptors (Lipinski definition) is 3. The Morgan fingerprint density at radius 1 is 1.35 bits per heavy atom. The fraction of sp³-hybridized carbons (Fsp3) is 0.357. The van der Waals surface area contributed by atoms with Crippen molar-refractivity contribution in [3.63, 3.8) is 0 Å². The van der Waals surface area contributed by atoms with Crippen molar-refractivity contribution in [2.24, 2.45) is 5.73 Å². The number of benzene rings is 1. The highest BCUT2D eigenvalue weighted by Gasteiger charge is 2.28. The second-order valence-electron chi connectivity index (χ2n) is 4.71. The predicted molar refractivity (Wildman–Crippen MR) is 71.1 cm³/mol. The van der Waals surface area contributed by atoms with Crippen LogP contribution in [0.3, 0.4) is 0 Å². The van der Waals surface area contributed by atoms with Crippen molar-refractivity contribution in [2.45, 2.75) is 25.4 Å². The summed E-state index contributed by atoms with van der Waals surface area (Å²) >= 11 is 0. The van der Waals surface area contributed by atoms with Crippen molar-refractivity contribution in [2.75, 3.05) is 11.9 Å². The Morgan fingerprint density at radius 2 is 2.12 bits per heavy atom. The van der Waals surface area contributed by atoms with Gasteiger partial charge in [-0.3, -0.25) is 0 Å². The summed E-state index contributed by atoms with van der Waals surface area (Å²) in [5.74, 6) is 1.05. The normalized spacial score (nSPS) is 15.2. The van der Waals surface area contributed by atoms with Crippen LogP contribution in [0.5, 0.6) is 0 Å². The van der Waals surface area contributed by atoms with Crippen LogP contribution in [0.4, 0.5) is 5.82 Å². The number of rotatable bonds is 3. The van der Waals surface area contributed by atoms with E-state index in [-0.39, 0.29) is 0 Å². The van der Waals surface area contributed by atoms with Crippen molar-refractivity contribution in [3.8, 4) is 0 Å². The summed E-state index contributed by atoms with van der Waals surface area (Å²) in [6.07, 6.45) is 2.55. The zero-order valence-corrected chi connectivity index (χ0v) is 10.1. The maximum Gasteiger partial charge on any atom is 0.133 e. The van der Waals surface area contributed by atoms with Gasteiger partial charge in [-0.15, -0.1) is 0 Å². The molecular weight excluding hydrogens is 210 g/mol. The third-order valence-corrected chi connectivity index (χ3v) is 3.43. The summed E-state index contributed by atoms with van der Waals surface area (Å²) in [4.78, 5) is 7.03. The molecule has 0 aliphatic heterocycles. The van der Waals surface area contributed by atoms with Crippen LogP contribution in [0, 0.1) is 0 Å². The summed E-state index contributed by atoms with van der Waals surface area (Å²) in [6, 6.07) is 11.0. The molecule has 0 bridgehead atoms. The van der Waals surface area contributed by atoms with Crippen LogP contribution in [-0.4, -0.2) is 18.1 Å². The lowest BCUT2D eigenvalue weighted by Crippen LogP contribution is -2.23. The molecule has 1 heterocycles. The Morgan fingerprint density at radius 3 is 2.82 bits per heavy atom. The zero-order valence-electron chi connectivity index (χ0n) is 10.1. The molecule has 0 saturated heterocycles. The average molecular weight is 227 g/mol. The minimum Gasteiger partial charge on any atom is -0.356 e. The van der Waals surface area contributed by atoms with Crippen molar-refractivity contribution in [1.82, 2.24) is 4.98 Å². The maximum atomic E-state index is 5.83. The fourth-order valence-electron chi connectivity index (χ4n) is 2.24. The molecule has 1 aromatic carbocycles. The summed E-state index contributed by atoms with van der Waals surface area (Å²) in [6.45, 7) is 0.546. The van der Waals surface area contributed by atoms with E-state index in [0.717, 1.165) is 16.9 Å². The van der Waals surface area contributed by atoms with E-state index in [1.165, 1.54) is 18.2 Å². The van der Waals surface area contributed by atoms with E-state index >= 15 is 0 Å². The molecule has 1 aromatic heterocycles. The highest BCUT2D eigenvalue weighted by atomic mass is 15.2. The predicted octanol–water partition coefficient (Wildman–Crippen LogP) is 2.29. The monoisotopic (exact) mass is 227 g/mol. The van der Waals surface area contributed by atoms with Crippen LogP contribution in [-0.2, 0) is 6.54 Å². The smallest absolute Gasteiger partial charge is 0.133 e. The minimum atomic E-state index is 0.546. The molecule has 2 aromatic rings. The molecule has 1 saturated carbocycles. The molecule has 0 atom stereocenters. The highest BCUT2D eigenvalue weighted by molar-refractivity contribution is 5.81. The van der Waals surface area contributed by atoms with E-state index in [0.29, 0.717) is 12.6 Å². The van der Waals surface area contributed by atoms with Crippen LogP contribution >= 0.6 is 0 Å². The molecule has 1 aliphatic rings. The molecule has 1 aliphatic carbocycles. The summed E-state index contributed by atoms with van der Waals surface area (Å²) in [5, 5.41) is 1.17. The zero-order chi connectivity index (χ0) is 11.8. The standard InChI is InChI=1S/C14H17N3/c1-17(12-6-7-12)14-11(9-15)8-10-4-2-3-5-13(10)16-14/h2-5,8,12H,6-7,9,15H2,1H3. The number of nitrogens with two attached hydrogens (primary N) is 1. The van der Waals surface area contributed by atoms with Gasteiger partial charge in [0.25, 0.3) is 0 Å². The average Bonchev–Trinajstić information content (AvgIpc) is 3.20. The second-order valence-corrected chi connectivity index (χ2v) is 4.71. The van der Waals surface area contributed by atoms with Gasteiger partial charge in [0.15, 0.2) is 0 Å². The number of pyridine rings is 1. The van der Waals surface area contributed by atoms with Crippen molar-refractivity contribution in [3.05, 3.63) is 35.9 Å². The van der Waals surface area contributed by atoms with E-state index in [1.807, 2.05) is 12.1 Å². The van der Waals surface area contributed by atoms with E-state index in [9.17, 15) is 0 Å². The quantitative estimate of drug-likeness (QED) is 0.874. The molecule has 1 fully saturated rings. The van der Waals surface area contributed by atoms with Crippen LogP contribution in [0.2, 0.25) is 0 Å². The Hall–Kier alpha value is -1.61. The fourth-order valence-corrected chi connectivity index (χ4v) is 2.24. The molecular formula is C14H17N3. The first-order valence-electron chi connectivity index (χ1n) is 6.11. The third-order valence-electron chi connectivity index (χ3n) is 3.43. The Labute approximate surface area is 101 Å². The topological polar surface area (TPSA) is 42.2 Å². The van der Waals surface area contributed by atoms with Crippen molar-refractivity contribution in [1.29, 1.82) is 0 Å². The van der Waals surface area contributed by atoms with Crippen molar-refractivity contribution >= 4 is 16.7 Å². The maximum absolute atomic E-state index is 5.83.